The molecule has 0 saturated carbocycles. The van der Waals surface area contributed by atoms with E-state index in [4.69, 9.17) is 21.1 Å². The average molecular weight is 390 g/mol. The van der Waals surface area contributed by atoms with Crippen LogP contribution in [0, 0.1) is 0 Å². The number of nitrogens with zero attached hydrogens (tertiary/aromatic N) is 1. The van der Waals surface area contributed by atoms with Gasteiger partial charge in [0.2, 0.25) is 5.91 Å². The number of rotatable bonds is 9. The number of hydrogen-bond acceptors (Lipinski definition) is 4. The third-order valence-corrected chi connectivity index (χ3v) is 4.33. The molecule has 27 heavy (non-hydrogen) atoms. The zero-order valence-corrected chi connectivity index (χ0v) is 16.6. The first-order valence-corrected chi connectivity index (χ1v) is 9.08. The zero-order chi connectivity index (χ0) is 19.8. The molecule has 6 heteroatoms. The van der Waals surface area contributed by atoms with Gasteiger partial charge in [0.05, 0.1) is 13.7 Å². The highest BCUT2D eigenvalue weighted by molar-refractivity contribution is 6.30. The Morgan fingerprint density at radius 3 is 2.56 bits per heavy atom. The Balaban J connectivity index is 1.80. The van der Waals surface area contributed by atoms with Crippen LogP contribution in [-0.4, -0.2) is 37.4 Å². The maximum absolute atomic E-state index is 12.3. The van der Waals surface area contributed by atoms with Crippen LogP contribution in [0.25, 0.3) is 0 Å². The fourth-order valence-electron chi connectivity index (χ4n) is 2.60. The van der Waals surface area contributed by atoms with Gasteiger partial charge < -0.3 is 14.4 Å². The summed E-state index contributed by atoms with van der Waals surface area (Å²) in [6.07, 6.45) is 0.960. The Morgan fingerprint density at radius 2 is 1.89 bits per heavy atom. The Labute approximate surface area is 164 Å². The Hall–Kier alpha value is -2.53. The molecule has 0 bridgehead atoms. The van der Waals surface area contributed by atoms with Gasteiger partial charge in [-0.15, -0.1) is 0 Å². The molecule has 0 heterocycles. The maximum atomic E-state index is 12.3. The molecule has 2 aromatic rings. The molecule has 144 valence electrons. The second-order valence-corrected chi connectivity index (χ2v) is 6.69. The number of benzene rings is 2. The molecule has 0 aliphatic rings. The molecule has 0 aliphatic carbocycles. The largest absolute Gasteiger partial charge is 0.493 e. The van der Waals surface area contributed by atoms with E-state index in [-0.39, 0.29) is 11.7 Å². The SMILES string of the molecule is COc1cc(C(C)=O)ccc1OCCCC(=O)N(C)Cc1cccc(Cl)c1. The number of methoxy groups -OCH3 is 1. The summed E-state index contributed by atoms with van der Waals surface area (Å²) in [6, 6.07) is 12.5. The summed E-state index contributed by atoms with van der Waals surface area (Å²) in [5.74, 6) is 1.07. The summed E-state index contributed by atoms with van der Waals surface area (Å²) in [6.45, 7) is 2.40. The van der Waals surface area contributed by atoms with Gasteiger partial charge in [0.25, 0.3) is 0 Å². The molecule has 0 unspecified atom stereocenters. The number of halogens is 1. The van der Waals surface area contributed by atoms with Crippen LogP contribution in [0.2, 0.25) is 5.02 Å². The van der Waals surface area contributed by atoms with Crippen molar-refractivity contribution in [3.05, 3.63) is 58.6 Å². The molecule has 2 aromatic carbocycles. The van der Waals surface area contributed by atoms with Crippen LogP contribution in [-0.2, 0) is 11.3 Å². The number of Topliss-reactive ketones (excluding diaryl/α,β-unsaturated/α-hetero) is 1. The fraction of sp³-hybridized carbons (Fsp3) is 0.333. The molecular formula is C21H24ClNO4. The van der Waals surface area contributed by atoms with Crippen LogP contribution < -0.4 is 9.47 Å². The molecule has 0 aliphatic heterocycles. The highest BCUT2D eigenvalue weighted by atomic mass is 35.5. The number of carbonyl (C=O) groups is 2. The molecule has 0 fully saturated rings. The minimum absolute atomic E-state index is 0.0341. The van der Waals surface area contributed by atoms with Crippen molar-refractivity contribution in [3.8, 4) is 11.5 Å². The number of carbonyl (C=O) groups excluding carboxylic acids is 2. The third kappa shape index (κ3) is 6.29. The molecule has 5 nitrogen and oxygen atoms in total. The molecular weight excluding hydrogens is 366 g/mol. The minimum atomic E-state index is -0.0341. The molecule has 0 aromatic heterocycles. The topological polar surface area (TPSA) is 55.8 Å². The fourth-order valence-corrected chi connectivity index (χ4v) is 2.81. The van der Waals surface area contributed by atoms with Crippen LogP contribution in [0.5, 0.6) is 11.5 Å². The number of amides is 1. The normalized spacial score (nSPS) is 10.4. The predicted octanol–water partition coefficient (Wildman–Crippen LogP) is 4.37. The Kier molecular flexibility index (Phi) is 7.67. The van der Waals surface area contributed by atoms with E-state index in [2.05, 4.69) is 0 Å². The van der Waals surface area contributed by atoms with Gasteiger partial charge in [-0.1, -0.05) is 23.7 Å². The van der Waals surface area contributed by atoms with E-state index >= 15 is 0 Å². The minimum Gasteiger partial charge on any atom is -0.493 e. The van der Waals surface area contributed by atoms with Crippen LogP contribution in [0.4, 0.5) is 0 Å². The lowest BCUT2D eigenvalue weighted by atomic mass is 10.1. The van der Waals surface area contributed by atoms with Gasteiger partial charge in [-0.25, -0.2) is 0 Å². The van der Waals surface area contributed by atoms with Crippen molar-refractivity contribution in [1.82, 2.24) is 4.90 Å². The first-order valence-electron chi connectivity index (χ1n) is 8.71. The van der Waals surface area contributed by atoms with E-state index in [1.807, 2.05) is 18.2 Å². The van der Waals surface area contributed by atoms with Crippen molar-refractivity contribution >= 4 is 23.3 Å². The molecule has 0 atom stereocenters. The van der Waals surface area contributed by atoms with E-state index in [1.165, 1.54) is 14.0 Å². The van der Waals surface area contributed by atoms with Gasteiger partial charge in [0, 0.05) is 30.6 Å². The van der Waals surface area contributed by atoms with Crippen LogP contribution in [0.3, 0.4) is 0 Å². The van der Waals surface area contributed by atoms with Gasteiger partial charge in [-0.2, -0.15) is 0 Å². The highest BCUT2D eigenvalue weighted by Gasteiger charge is 2.11. The van der Waals surface area contributed by atoms with Crippen molar-refractivity contribution in [2.75, 3.05) is 20.8 Å². The molecule has 0 N–H and O–H groups in total. The van der Waals surface area contributed by atoms with Gasteiger partial charge in [-0.3, -0.25) is 9.59 Å². The van der Waals surface area contributed by atoms with Crippen LogP contribution >= 0.6 is 11.6 Å². The van der Waals surface area contributed by atoms with Crippen molar-refractivity contribution in [2.45, 2.75) is 26.3 Å². The maximum Gasteiger partial charge on any atom is 0.222 e. The summed E-state index contributed by atoms with van der Waals surface area (Å²) in [4.78, 5) is 25.4. The Bertz CT molecular complexity index is 807. The first-order chi connectivity index (χ1) is 12.9. The summed E-state index contributed by atoms with van der Waals surface area (Å²) in [7, 11) is 3.30. The van der Waals surface area contributed by atoms with Gasteiger partial charge in [0.15, 0.2) is 17.3 Å². The van der Waals surface area contributed by atoms with Gasteiger partial charge >= 0.3 is 0 Å². The second kappa shape index (κ2) is 9.97. The summed E-state index contributed by atoms with van der Waals surface area (Å²) in [5, 5.41) is 0.659. The standard InChI is InChI=1S/C21H24ClNO4/c1-15(24)17-9-10-19(20(13-17)26-3)27-11-5-8-21(25)23(2)14-16-6-4-7-18(22)12-16/h4,6-7,9-10,12-13H,5,8,11,14H2,1-3H3. The lowest BCUT2D eigenvalue weighted by Gasteiger charge is -2.17. The second-order valence-electron chi connectivity index (χ2n) is 6.25. The number of ketones is 1. The average Bonchev–Trinajstić information content (AvgIpc) is 2.64. The van der Waals surface area contributed by atoms with E-state index < -0.39 is 0 Å². The van der Waals surface area contributed by atoms with E-state index in [1.54, 1.807) is 36.2 Å². The van der Waals surface area contributed by atoms with Crippen LogP contribution in [0.1, 0.15) is 35.7 Å². The number of ether oxygens (including phenoxy) is 2. The number of hydrogen-bond donors (Lipinski definition) is 0. The lowest BCUT2D eigenvalue weighted by molar-refractivity contribution is -0.130. The molecule has 2 rings (SSSR count). The van der Waals surface area contributed by atoms with Gasteiger partial charge in [-0.05, 0) is 49.2 Å². The monoisotopic (exact) mass is 389 g/mol. The predicted molar refractivity (Wildman–Crippen MR) is 106 cm³/mol. The van der Waals surface area contributed by atoms with E-state index in [0.29, 0.717) is 48.1 Å². The van der Waals surface area contributed by atoms with Crippen molar-refractivity contribution in [3.63, 3.8) is 0 Å². The van der Waals surface area contributed by atoms with E-state index in [0.717, 1.165) is 5.56 Å². The molecule has 0 spiro atoms. The lowest BCUT2D eigenvalue weighted by Crippen LogP contribution is -2.26. The van der Waals surface area contributed by atoms with Crippen molar-refractivity contribution in [2.24, 2.45) is 0 Å². The van der Waals surface area contributed by atoms with E-state index in [9.17, 15) is 9.59 Å². The van der Waals surface area contributed by atoms with Crippen molar-refractivity contribution < 1.29 is 19.1 Å². The smallest absolute Gasteiger partial charge is 0.222 e. The first kappa shape index (κ1) is 20.8. The molecule has 0 radical (unpaired) electrons. The van der Waals surface area contributed by atoms with Crippen molar-refractivity contribution in [1.29, 1.82) is 0 Å². The third-order valence-electron chi connectivity index (χ3n) is 4.10. The summed E-state index contributed by atoms with van der Waals surface area (Å²) < 4.78 is 11.0. The molecule has 0 saturated heterocycles. The van der Waals surface area contributed by atoms with Gasteiger partial charge in [0.1, 0.15) is 0 Å². The summed E-state index contributed by atoms with van der Waals surface area (Å²) in [5.41, 5.74) is 1.56. The highest BCUT2D eigenvalue weighted by Crippen LogP contribution is 2.28. The quantitative estimate of drug-likeness (QED) is 0.472. The zero-order valence-electron chi connectivity index (χ0n) is 15.8. The summed E-state index contributed by atoms with van der Waals surface area (Å²) >= 11 is 5.97. The van der Waals surface area contributed by atoms with Crippen LogP contribution in [0.15, 0.2) is 42.5 Å². The molecule has 1 amide bonds. The Morgan fingerprint density at radius 1 is 1.11 bits per heavy atom.